The number of fused-ring (bicyclic) bond motifs is 2. The van der Waals surface area contributed by atoms with Crippen molar-refractivity contribution in [3.05, 3.63) is 63.6 Å². The summed E-state index contributed by atoms with van der Waals surface area (Å²) in [5.41, 5.74) is 5.36. The van der Waals surface area contributed by atoms with Crippen molar-refractivity contribution in [1.82, 2.24) is 19.8 Å². The van der Waals surface area contributed by atoms with E-state index < -0.39 is 0 Å². The third kappa shape index (κ3) is 3.34. The van der Waals surface area contributed by atoms with Gasteiger partial charge in [0, 0.05) is 21.4 Å². The van der Waals surface area contributed by atoms with Crippen molar-refractivity contribution in [1.29, 1.82) is 0 Å². The summed E-state index contributed by atoms with van der Waals surface area (Å²) in [4.78, 5) is 17.7. The highest BCUT2D eigenvalue weighted by atomic mass is 35.5. The number of carbonyl (C=O) groups excluding carboxylic acids is 1. The monoisotopic (exact) mass is 437 g/mol. The first-order valence-electron chi connectivity index (χ1n) is 9.23. The molecule has 1 amide bonds. The van der Waals surface area contributed by atoms with Crippen LogP contribution in [0.25, 0.3) is 27.2 Å². The van der Waals surface area contributed by atoms with Gasteiger partial charge in [-0.2, -0.15) is 4.98 Å². The van der Waals surface area contributed by atoms with Gasteiger partial charge in [-0.1, -0.05) is 28.9 Å². The van der Waals surface area contributed by atoms with Gasteiger partial charge in [0.1, 0.15) is 5.69 Å². The predicted molar refractivity (Wildman–Crippen MR) is 117 cm³/mol. The molecular formula is C21H16ClN5O2S. The molecule has 7 nitrogen and oxygen atoms in total. The van der Waals surface area contributed by atoms with Crippen LogP contribution >= 0.6 is 22.9 Å². The van der Waals surface area contributed by atoms with Crippen LogP contribution in [-0.2, 0) is 11.2 Å². The first-order valence-corrected chi connectivity index (χ1v) is 10.5. The van der Waals surface area contributed by atoms with Crippen molar-refractivity contribution in [3.63, 3.8) is 0 Å². The molecule has 5 rings (SSSR count). The Morgan fingerprint density at radius 3 is 2.77 bits per heavy atom. The molecule has 3 aromatic heterocycles. The number of anilines is 1. The van der Waals surface area contributed by atoms with Crippen LogP contribution in [0.5, 0.6) is 0 Å². The largest absolute Gasteiger partial charge is 0.356 e. The smallest absolute Gasteiger partial charge is 0.250 e. The summed E-state index contributed by atoms with van der Waals surface area (Å²) in [7, 11) is 0. The second-order valence-corrected chi connectivity index (χ2v) is 8.32. The third-order valence-electron chi connectivity index (χ3n) is 4.96. The molecule has 0 radical (unpaired) electrons. The van der Waals surface area contributed by atoms with E-state index in [0.717, 1.165) is 27.8 Å². The number of aromatic nitrogens is 4. The lowest BCUT2D eigenvalue weighted by Crippen LogP contribution is -2.15. The molecule has 5 aromatic rings. The molecule has 0 fully saturated rings. The number of nitrogens with one attached hydrogen (secondary N) is 1. The van der Waals surface area contributed by atoms with Crippen molar-refractivity contribution in [3.8, 4) is 11.3 Å². The molecule has 0 saturated carbocycles. The first kappa shape index (κ1) is 18.8. The molecule has 0 spiro atoms. The molecule has 0 aliphatic carbocycles. The standard InChI is InChI=1S/C21H16ClN5O2S/c1-11-7-15-16(26-29-18(15)8-12(11)2)9-19(28)23-20-24-21-27(25-20)17(10-30-21)13-3-5-14(22)6-4-13/h3-8,10H,9H2,1-2H3,(H,23,25,28). The average molecular weight is 438 g/mol. The van der Waals surface area contributed by atoms with E-state index in [4.69, 9.17) is 16.1 Å². The first-order chi connectivity index (χ1) is 14.5. The molecule has 0 unspecified atom stereocenters. The number of carbonyl (C=O) groups is 1. The lowest BCUT2D eigenvalue weighted by molar-refractivity contribution is -0.115. The van der Waals surface area contributed by atoms with Crippen molar-refractivity contribution < 1.29 is 9.32 Å². The van der Waals surface area contributed by atoms with Crippen molar-refractivity contribution in [2.45, 2.75) is 20.3 Å². The summed E-state index contributed by atoms with van der Waals surface area (Å²) in [6.07, 6.45) is 0.0758. The number of hydrogen-bond donors (Lipinski definition) is 1. The molecule has 0 atom stereocenters. The normalized spacial score (nSPS) is 11.4. The van der Waals surface area contributed by atoms with E-state index in [9.17, 15) is 4.79 Å². The second kappa shape index (κ2) is 7.23. The zero-order valence-corrected chi connectivity index (χ0v) is 17.7. The zero-order chi connectivity index (χ0) is 20.8. The van der Waals surface area contributed by atoms with Gasteiger partial charge >= 0.3 is 0 Å². The maximum atomic E-state index is 12.6. The molecule has 0 aliphatic rings. The van der Waals surface area contributed by atoms with Crippen molar-refractivity contribution in [2.75, 3.05) is 5.32 Å². The Bertz CT molecular complexity index is 1400. The van der Waals surface area contributed by atoms with E-state index in [1.54, 1.807) is 4.52 Å². The lowest BCUT2D eigenvalue weighted by atomic mass is 10.1. The SMILES string of the molecule is Cc1cc2onc(CC(=O)Nc3nc4scc(-c5ccc(Cl)cc5)n4n3)c2cc1C. The third-order valence-corrected chi connectivity index (χ3v) is 6.03. The quantitative estimate of drug-likeness (QED) is 0.425. The highest BCUT2D eigenvalue weighted by molar-refractivity contribution is 7.15. The Morgan fingerprint density at radius 2 is 1.97 bits per heavy atom. The van der Waals surface area contributed by atoms with Gasteiger partial charge in [-0.25, -0.2) is 4.52 Å². The fraction of sp³-hybridized carbons (Fsp3) is 0.143. The Morgan fingerprint density at radius 1 is 1.20 bits per heavy atom. The zero-order valence-electron chi connectivity index (χ0n) is 16.1. The van der Waals surface area contributed by atoms with E-state index >= 15 is 0 Å². The molecule has 3 heterocycles. The minimum Gasteiger partial charge on any atom is -0.356 e. The summed E-state index contributed by atoms with van der Waals surface area (Å²) in [6.45, 7) is 4.03. The van der Waals surface area contributed by atoms with Crippen molar-refractivity contribution >= 4 is 50.7 Å². The van der Waals surface area contributed by atoms with Gasteiger partial charge in [0.25, 0.3) is 0 Å². The average Bonchev–Trinajstić information content (AvgIpc) is 3.38. The van der Waals surface area contributed by atoms with E-state index in [2.05, 4.69) is 20.6 Å². The van der Waals surface area contributed by atoms with Gasteiger partial charge in [0.2, 0.25) is 16.8 Å². The Hall–Kier alpha value is -3.23. The maximum Gasteiger partial charge on any atom is 0.250 e. The van der Waals surface area contributed by atoms with Crippen molar-refractivity contribution in [2.24, 2.45) is 0 Å². The molecule has 150 valence electrons. The molecule has 30 heavy (non-hydrogen) atoms. The predicted octanol–water partition coefficient (Wildman–Crippen LogP) is 5.05. The number of thiazole rings is 1. The van der Waals surface area contributed by atoms with Gasteiger partial charge in [0.15, 0.2) is 5.58 Å². The fourth-order valence-electron chi connectivity index (χ4n) is 3.25. The molecule has 9 heteroatoms. The van der Waals surface area contributed by atoms with Gasteiger partial charge < -0.3 is 4.52 Å². The van der Waals surface area contributed by atoms with Gasteiger partial charge in [-0.05, 0) is 49.2 Å². The number of halogens is 1. The number of hydrogen-bond acceptors (Lipinski definition) is 6. The number of nitrogens with zero attached hydrogens (tertiary/aromatic N) is 4. The van der Waals surface area contributed by atoms with Crippen LogP contribution in [0.1, 0.15) is 16.8 Å². The van der Waals surface area contributed by atoms with Gasteiger partial charge in [-0.15, -0.1) is 16.4 Å². The van der Waals surface area contributed by atoms with E-state index in [1.807, 2.05) is 55.6 Å². The van der Waals surface area contributed by atoms with Crippen LogP contribution in [0.2, 0.25) is 5.02 Å². The fourth-order valence-corrected chi connectivity index (χ4v) is 4.20. The lowest BCUT2D eigenvalue weighted by Gasteiger charge is -2.01. The summed E-state index contributed by atoms with van der Waals surface area (Å²) in [5.74, 6) is -0.00314. The minimum absolute atomic E-state index is 0.0758. The summed E-state index contributed by atoms with van der Waals surface area (Å²) in [5, 5.41) is 14.7. The Kier molecular flexibility index (Phi) is 4.52. The molecule has 2 aromatic carbocycles. The number of aryl methyl sites for hydroxylation is 2. The Balaban J connectivity index is 1.38. The maximum absolute atomic E-state index is 12.6. The highest BCUT2D eigenvalue weighted by Gasteiger charge is 2.17. The van der Waals surface area contributed by atoms with Crippen LogP contribution in [0.3, 0.4) is 0 Å². The van der Waals surface area contributed by atoms with Crippen LogP contribution < -0.4 is 5.32 Å². The van der Waals surface area contributed by atoms with Crippen LogP contribution in [0.4, 0.5) is 5.95 Å². The minimum atomic E-state index is -0.255. The summed E-state index contributed by atoms with van der Waals surface area (Å²) in [6, 6.07) is 11.4. The second-order valence-electron chi connectivity index (χ2n) is 7.04. The molecule has 1 N–H and O–H groups in total. The summed E-state index contributed by atoms with van der Waals surface area (Å²) < 4.78 is 7.08. The molecule has 0 aliphatic heterocycles. The van der Waals surface area contributed by atoms with Crippen LogP contribution in [0.15, 0.2) is 46.3 Å². The van der Waals surface area contributed by atoms with E-state index in [1.165, 1.54) is 11.3 Å². The number of rotatable bonds is 4. The highest BCUT2D eigenvalue weighted by Crippen LogP contribution is 2.27. The molecule has 0 saturated heterocycles. The number of amides is 1. The van der Waals surface area contributed by atoms with E-state index in [0.29, 0.717) is 21.3 Å². The summed E-state index contributed by atoms with van der Waals surface area (Å²) >= 11 is 7.42. The number of benzene rings is 2. The van der Waals surface area contributed by atoms with Gasteiger partial charge in [-0.3, -0.25) is 10.1 Å². The molecule has 0 bridgehead atoms. The van der Waals surface area contributed by atoms with Crippen LogP contribution in [-0.4, -0.2) is 25.7 Å². The van der Waals surface area contributed by atoms with Gasteiger partial charge in [0.05, 0.1) is 12.1 Å². The topological polar surface area (TPSA) is 85.3 Å². The Labute approximate surface area is 180 Å². The van der Waals surface area contributed by atoms with Crippen LogP contribution in [0, 0.1) is 13.8 Å². The van der Waals surface area contributed by atoms with E-state index in [-0.39, 0.29) is 18.3 Å². The molecular weight excluding hydrogens is 422 g/mol.